The number of hydrogen-bond donors (Lipinski definition) is 1. The number of aromatic nitrogens is 1. The Morgan fingerprint density at radius 2 is 2.53 bits per heavy atom. The van der Waals surface area contributed by atoms with Gasteiger partial charge >= 0.3 is 0 Å². The van der Waals surface area contributed by atoms with Gasteiger partial charge in [0.2, 0.25) is 0 Å². The van der Waals surface area contributed by atoms with E-state index in [1.165, 1.54) is 17.7 Å². The van der Waals surface area contributed by atoms with Crippen LogP contribution in [0.5, 0.6) is 0 Å². The summed E-state index contributed by atoms with van der Waals surface area (Å²) >= 11 is 0. The van der Waals surface area contributed by atoms with Crippen LogP contribution in [0, 0.1) is 12.3 Å². The van der Waals surface area contributed by atoms with Crippen molar-refractivity contribution in [1.29, 1.82) is 0 Å². The second kappa shape index (κ2) is 5.84. The van der Waals surface area contributed by atoms with Crippen LogP contribution in [0.25, 0.3) is 0 Å². The predicted octanol–water partition coefficient (Wildman–Crippen LogP) is 2.85. The molecule has 2 unspecified atom stereocenters. The quantitative estimate of drug-likeness (QED) is 0.802. The first-order valence-corrected chi connectivity index (χ1v) is 6.51. The molecule has 2 atom stereocenters. The van der Waals surface area contributed by atoms with Gasteiger partial charge in [0.05, 0.1) is 17.8 Å². The molecule has 0 spiro atoms. The average Bonchev–Trinajstić information content (AvgIpc) is 2.38. The topological polar surface area (TPSA) is 24.9 Å². The number of hydrogen-bond acceptors (Lipinski definition) is 2. The zero-order valence-electron chi connectivity index (χ0n) is 10.4. The van der Waals surface area contributed by atoms with Crippen LogP contribution in [0.1, 0.15) is 49.9 Å². The molecule has 2 rings (SSSR count). The fourth-order valence-electron chi connectivity index (χ4n) is 2.52. The van der Waals surface area contributed by atoms with Crippen LogP contribution < -0.4 is 5.32 Å². The molecule has 17 heavy (non-hydrogen) atoms. The molecule has 0 radical (unpaired) electrons. The first-order valence-electron chi connectivity index (χ1n) is 6.51. The standard InChI is InChI=1S/C15H20N2/c1-3-7-13(4-2)17-14-10-5-8-12-9-6-11-16-15(12)14/h2,6,9,11,13-14,17H,3,5,7-8,10H2,1H3. The van der Waals surface area contributed by atoms with Gasteiger partial charge in [-0.3, -0.25) is 10.3 Å². The minimum absolute atomic E-state index is 0.179. The highest BCUT2D eigenvalue weighted by Gasteiger charge is 2.22. The lowest BCUT2D eigenvalue weighted by Crippen LogP contribution is -2.34. The molecule has 0 bridgehead atoms. The normalized spacial score (nSPS) is 20.4. The van der Waals surface area contributed by atoms with E-state index in [9.17, 15) is 0 Å². The third-order valence-corrected chi connectivity index (χ3v) is 3.38. The molecule has 1 aromatic rings. The number of nitrogens with zero attached hydrogens (tertiary/aromatic N) is 1. The summed E-state index contributed by atoms with van der Waals surface area (Å²) in [7, 11) is 0. The Balaban J connectivity index is 2.11. The van der Waals surface area contributed by atoms with Gasteiger partial charge in [-0.25, -0.2) is 0 Å². The van der Waals surface area contributed by atoms with Crippen LogP contribution in [-0.4, -0.2) is 11.0 Å². The monoisotopic (exact) mass is 228 g/mol. The van der Waals surface area contributed by atoms with Gasteiger partial charge in [0.15, 0.2) is 0 Å². The minimum atomic E-state index is 0.179. The lowest BCUT2D eigenvalue weighted by Gasteiger charge is -2.27. The van der Waals surface area contributed by atoms with Gasteiger partial charge in [-0.1, -0.05) is 25.3 Å². The molecule has 1 N–H and O–H groups in total. The molecular weight excluding hydrogens is 208 g/mol. The summed E-state index contributed by atoms with van der Waals surface area (Å²) in [4.78, 5) is 4.52. The molecule has 0 amide bonds. The van der Waals surface area contributed by atoms with Gasteiger partial charge in [0, 0.05) is 6.20 Å². The number of pyridine rings is 1. The van der Waals surface area contributed by atoms with Gasteiger partial charge in [0.1, 0.15) is 0 Å². The lowest BCUT2D eigenvalue weighted by atomic mass is 9.91. The van der Waals surface area contributed by atoms with E-state index in [4.69, 9.17) is 6.42 Å². The zero-order valence-corrected chi connectivity index (χ0v) is 10.4. The van der Waals surface area contributed by atoms with E-state index >= 15 is 0 Å². The van der Waals surface area contributed by atoms with E-state index in [2.05, 4.69) is 29.2 Å². The summed E-state index contributed by atoms with van der Waals surface area (Å²) in [5.74, 6) is 2.84. The summed E-state index contributed by atoms with van der Waals surface area (Å²) < 4.78 is 0. The molecule has 1 heterocycles. The summed E-state index contributed by atoms with van der Waals surface area (Å²) in [6.45, 7) is 2.17. The van der Waals surface area contributed by atoms with Crippen LogP contribution in [0.3, 0.4) is 0 Å². The third-order valence-electron chi connectivity index (χ3n) is 3.38. The van der Waals surface area contributed by atoms with Crippen molar-refractivity contribution in [2.75, 3.05) is 0 Å². The first kappa shape index (κ1) is 12.1. The summed E-state index contributed by atoms with van der Waals surface area (Å²) in [5, 5.41) is 3.56. The molecule has 0 aromatic carbocycles. The van der Waals surface area contributed by atoms with E-state index in [0.29, 0.717) is 6.04 Å². The maximum absolute atomic E-state index is 5.56. The summed E-state index contributed by atoms with van der Waals surface area (Å²) in [6.07, 6.45) is 13.1. The zero-order chi connectivity index (χ0) is 12.1. The SMILES string of the molecule is C#CC(CCC)NC1CCCc2cccnc21. The molecule has 1 aliphatic carbocycles. The number of rotatable bonds is 4. The van der Waals surface area contributed by atoms with Gasteiger partial charge in [-0.05, 0) is 37.3 Å². The Labute approximate surface area is 104 Å². The molecule has 1 aliphatic rings. The van der Waals surface area contributed by atoms with Crippen LogP contribution in [-0.2, 0) is 6.42 Å². The molecule has 1 aromatic heterocycles. The van der Waals surface area contributed by atoms with Crippen molar-refractivity contribution < 1.29 is 0 Å². The Bertz CT molecular complexity index is 406. The van der Waals surface area contributed by atoms with Crippen LogP contribution >= 0.6 is 0 Å². The number of fused-ring (bicyclic) bond motifs is 1. The molecule has 2 nitrogen and oxygen atoms in total. The largest absolute Gasteiger partial charge is 0.295 e. The van der Waals surface area contributed by atoms with Gasteiger partial charge in [-0.15, -0.1) is 6.42 Å². The molecular formula is C15H20N2. The third kappa shape index (κ3) is 2.87. The fraction of sp³-hybridized carbons (Fsp3) is 0.533. The Morgan fingerprint density at radius 3 is 3.29 bits per heavy atom. The molecule has 90 valence electrons. The predicted molar refractivity (Wildman–Crippen MR) is 70.6 cm³/mol. The van der Waals surface area contributed by atoms with Crippen molar-refractivity contribution in [3.8, 4) is 12.3 Å². The van der Waals surface area contributed by atoms with E-state index in [1.807, 2.05) is 12.3 Å². The van der Waals surface area contributed by atoms with Gasteiger partial charge in [0.25, 0.3) is 0 Å². The molecule has 0 aliphatic heterocycles. The van der Waals surface area contributed by atoms with Gasteiger partial charge in [-0.2, -0.15) is 0 Å². The highest BCUT2D eigenvalue weighted by molar-refractivity contribution is 5.26. The fourth-order valence-corrected chi connectivity index (χ4v) is 2.52. The average molecular weight is 228 g/mol. The molecule has 0 saturated heterocycles. The summed E-state index contributed by atoms with van der Waals surface area (Å²) in [6, 6.07) is 4.72. The Hall–Kier alpha value is -1.33. The van der Waals surface area contributed by atoms with E-state index in [0.717, 1.165) is 25.7 Å². The summed E-state index contributed by atoms with van der Waals surface area (Å²) in [5.41, 5.74) is 2.58. The van der Waals surface area contributed by atoms with Crippen molar-refractivity contribution in [1.82, 2.24) is 10.3 Å². The lowest BCUT2D eigenvalue weighted by molar-refractivity contribution is 0.411. The number of terminal acetylenes is 1. The van der Waals surface area contributed by atoms with Crippen LogP contribution in [0.2, 0.25) is 0 Å². The van der Waals surface area contributed by atoms with E-state index in [-0.39, 0.29) is 6.04 Å². The van der Waals surface area contributed by atoms with Gasteiger partial charge < -0.3 is 0 Å². The smallest absolute Gasteiger partial charge is 0.0692 e. The van der Waals surface area contributed by atoms with Crippen LogP contribution in [0.15, 0.2) is 18.3 Å². The van der Waals surface area contributed by atoms with E-state index < -0.39 is 0 Å². The second-order valence-electron chi connectivity index (χ2n) is 4.67. The molecule has 0 saturated carbocycles. The molecule has 2 heteroatoms. The maximum Gasteiger partial charge on any atom is 0.0692 e. The van der Waals surface area contributed by atoms with Crippen molar-refractivity contribution >= 4 is 0 Å². The Kier molecular flexibility index (Phi) is 4.17. The van der Waals surface area contributed by atoms with Crippen molar-refractivity contribution in [3.63, 3.8) is 0 Å². The Morgan fingerprint density at radius 1 is 1.65 bits per heavy atom. The first-order chi connectivity index (χ1) is 8.35. The van der Waals surface area contributed by atoms with Crippen LogP contribution in [0.4, 0.5) is 0 Å². The van der Waals surface area contributed by atoms with Crippen molar-refractivity contribution in [2.45, 2.75) is 51.1 Å². The van der Waals surface area contributed by atoms with Crippen molar-refractivity contribution in [2.24, 2.45) is 0 Å². The van der Waals surface area contributed by atoms with Crippen molar-refractivity contribution in [3.05, 3.63) is 29.6 Å². The highest BCUT2D eigenvalue weighted by atomic mass is 15.0. The highest BCUT2D eigenvalue weighted by Crippen LogP contribution is 2.28. The minimum Gasteiger partial charge on any atom is -0.295 e. The van der Waals surface area contributed by atoms with E-state index in [1.54, 1.807) is 0 Å². The number of aryl methyl sites for hydroxylation is 1. The molecule has 0 fully saturated rings. The number of nitrogens with one attached hydrogen (secondary N) is 1. The second-order valence-corrected chi connectivity index (χ2v) is 4.67. The maximum atomic E-state index is 5.56.